The van der Waals surface area contributed by atoms with Gasteiger partial charge in [0.2, 0.25) is 0 Å². The lowest BCUT2D eigenvalue weighted by atomic mass is 10.0. The summed E-state index contributed by atoms with van der Waals surface area (Å²) in [6, 6.07) is 12.5. The zero-order valence-corrected chi connectivity index (χ0v) is 11.6. The van der Waals surface area contributed by atoms with E-state index in [1.807, 2.05) is 24.4 Å². The fourth-order valence-corrected chi connectivity index (χ4v) is 2.69. The van der Waals surface area contributed by atoms with E-state index in [0.717, 1.165) is 17.0 Å². The highest BCUT2D eigenvalue weighted by atomic mass is 32.2. The highest BCUT2D eigenvalue weighted by molar-refractivity contribution is 7.99. The summed E-state index contributed by atoms with van der Waals surface area (Å²) in [5, 5.41) is 1.02. The van der Waals surface area contributed by atoms with Crippen LogP contribution in [-0.4, -0.2) is 4.98 Å². The predicted octanol–water partition coefficient (Wildman–Crippen LogP) is 3.95. The molecule has 94 valence electrons. The molecule has 1 aromatic carbocycles. The summed E-state index contributed by atoms with van der Waals surface area (Å²) in [7, 11) is 0. The fraction of sp³-hybridized carbons (Fsp3) is 0.267. The van der Waals surface area contributed by atoms with E-state index in [1.54, 1.807) is 11.8 Å². The Hall–Kier alpha value is -1.32. The Balaban J connectivity index is 2.19. The van der Waals surface area contributed by atoms with Crippen LogP contribution in [0.15, 0.2) is 52.5 Å². The third kappa shape index (κ3) is 3.12. The summed E-state index contributed by atoms with van der Waals surface area (Å²) < 4.78 is 0. The number of benzene rings is 1. The van der Waals surface area contributed by atoms with Gasteiger partial charge in [-0.2, -0.15) is 0 Å². The number of hydrogen-bond acceptors (Lipinski definition) is 3. The minimum atomic E-state index is 0.0910. The predicted molar refractivity (Wildman–Crippen MR) is 76.8 cm³/mol. The van der Waals surface area contributed by atoms with Gasteiger partial charge in [0.25, 0.3) is 0 Å². The average Bonchev–Trinajstić information content (AvgIpc) is 2.39. The maximum absolute atomic E-state index is 6.05. The molecule has 2 nitrogen and oxygen atoms in total. The van der Waals surface area contributed by atoms with Gasteiger partial charge < -0.3 is 5.73 Å². The van der Waals surface area contributed by atoms with E-state index in [1.165, 1.54) is 10.5 Å². The lowest BCUT2D eigenvalue weighted by Crippen LogP contribution is -2.10. The quantitative estimate of drug-likeness (QED) is 0.902. The minimum Gasteiger partial charge on any atom is -0.324 e. The number of nitrogens with two attached hydrogens (primary N) is 1. The van der Waals surface area contributed by atoms with Crippen molar-refractivity contribution in [2.45, 2.75) is 36.2 Å². The number of rotatable bonds is 4. The van der Waals surface area contributed by atoms with Crippen LogP contribution in [0.1, 0.15) is 30.5 Å². The summed E-state index contributed by atoms with van der Waals surface area (Å²) in [6.07, 6.45) is 2.85. The van der Waals surface area contributed by atoms with Crippen LogP contribution in [0.4, 0.5) is 0 Å². The highest BCUT2D eigenvalue weighted by Crippen LogP contribution is 2.28. The first-order valence-electron chi connectivity index (χ1n) is 6.15. The molecule has 0 spiro atoms. The first kappa shape index (κ1) is 13.1. The standard InChI is InChI=1S/C15H18N2S/c1-3-14(16)13-10-17-15(9-11(13)2)18-12-7-5-4-6-8-12/h4-10,14H,3,16H2,1-2H3. The molecule has 2 rings (SSSR count). The maximum atomic E-state index is 6.05. The van der Waals surface area contributed by atoms with Crippen molar-refractivity contribution >= 4 is 11.8 Å². The van der Waals surface area contributed by atoms with Crippen molar-refractivity contribution in [1.29, 1.82) is 0 Å². The minimum absolute atomic E-state index is 0.0910. The Morgan fingerprint density at radius 2 is 2.00 bits per heavy atom. The Labute approximate surface area is 113 Å². The molecule has 1 aromatic heterocycles. The molecule has 2 aromatic rings. The van der Waals surface area contributed by atoms with Gasteiger partial charge in [-0.3, -0.25) is 0 Å². The van der Waals surface area contributed by atoms with Crippen molar-refractivity contribution in [2.75, 3.05) is 0 Å². The normalized spacial score (nSPS) is 12.4. The van der Waals surface area contributed by atoms with Gasteiger partial charge in [-0.15, -0.1) is 0 Å². The largest absolute Gasteiger partial charge is 0.324 e. The third-order valence-electron chi connectivity index (χ3n) is 2.93. The zero-order chi connectivity index (χ0) is 13.0. The second-order valence-electron chi connectivity index (χ2n) is 4.31. The maximum Gasteiger partial charge on any atom is 0.101 e. The summed E-state index contributed by atoms with van der Waals surface area (Å²) in [5.41, 5.74) is 8.42. The van der Waals surface area contributed by atoms with Crippen LogP contribution < -0.4 is 5.73 Å². The van der Waals surface area contributed by atoms with Crippen LogP contribution in [0.5, 0.6) is 0 Å². The van der Waals surface area contributed by atoms with Crippen LogP contribution in [0.2, 0.25) is 0 Å². The fourth-order valence-electron chi connectivity index (χ4n) is 1.81. The Kier molecular flexibility index (Phi) is 4.39. The van der Waals surface area contributed by atoms with E-state index >= 15 is 0 Å². The van der Waals surface area contributed by atoms with E-state index in [-0.39, 0.29) is 6.04 Å². The average molecular weight is 258 g/mol. The molecule has 1 unspecified atom stereocenters. The molecule has 0 radical (unpaired) electrons. The number of hydrogen-bond donors (Lipinski definition) is 1. The summed E-state index contributed by atoms with van der Waals surface area (Å²) in [6.45, 7) is 4.19. The molecule has 3 heteroatoms. The van der Waals surface area contributed by atoms with Crippen LogP contribution in [0.3, 0.4) is 0 Å². The van der Waals surface area contributed by atoms with Crippen molar-refractivity contribution in [3.63, 3.8) is 0 Å². The van der Waals surface area contributed by atoms with Crippen molar-refractivity contribution < 1.29 is 0 Å². The van der Waals surface area contributed by atoms with Crippen molar-refractivity contribution in [3.8, 4) is 0 Å². The van der Waals surface area contributed by atoms with Crippen LogP contribution in [0, 0.1) is 6.92 Å². The van der Waals surface area contributed by atoms with Gasteiger partial charge in [0.1, 0.15) is 5.03 Å². The van der Waals surface area contributed by atoms with Gasteiger partial charge >= 0.3 is 0 Å². The molecule has 0 saturated heterocycles. The Morgan fingerprint density at radius 3 is 2.61 bits per heavy atom. The molecule has 0 bridgehead atoms. The smallest absolute Gasteiger partial charge is 0.101 e. The van der Waals surface area contributed by atoms with Crippen LogP contribution in [0.25, 0.3) is 0 Å². The summed E-state index contributed by atoms with van der Waals surface area (Å²) in [5.74, 6) is 0. The van der Waals surface area contributed by atoms with E-state index in [4.69, 9.17) is 5.73 Å². The molecule has 0 aliphatic rings. The number of pyridine rings is 1. The van der Waals surface area contributed by atoms with Crippen molar-refractivity contribution in [1.82, 2.24) is 4.98 Å². The SMILES string of the molecule is CCC(N)c1cnc(Sc2ccccc2)cc1C. The second kappa shape index (κ2) is 6.03. The van der Waals surface area contributed by atoms with Gasteiger partial charge in [0, 0.05) is 17.1 Å². The molecule has 0 fully saturated rings. The van der Waals surface area contributed by atoms with E-state index < -0.39 is 0 Å². The lowest BCUT2D eigenvalue weighted by molar-refractivity contribution is 0.687. The second-order valence-corrected chi connectivity index (χ2v) is 5.40. The molecule has 0 aliphatic carbocycles. The molecule has 18 heavy (non-hydrogen) atoms. The molecular formula is C15H18N2S. The molecule has 2 N–H and O–H groups in total. The molecule has 0 amide bonds. The first-order valence-corrected chi connectivity index (χ1v) is 6.97. The highest BCUT2D eigenvalue weighted by Gasteiger charge is 2.08. The molecule has 1 atom stereocenters. The van der Waals surface area contributed by atoms with Crippen molar-refractivity contribution in [2.24, 2.45) is 5.73 Å². The Morgan fingerprint density at radius 1 is 1.28 bits per heavy atom. The van der Waals surface area contributed by atoms with E-state index in [9.17, 15) is 0 Å². The number of aryl methyl sites for hydroxylation is 1. The summed E-state index contributed by atoms with van der Waals surface area (Å²) >= 11 is 1.68. The molecular weight excluding hydrogens is 240 g/mol. The van der Waals surface area contributed by atoms with Crippen LogP contribution >= 0.6 is 11.8 Å². The van der Waals surface area contributed by atoms with E-state index in [0.29, 0.717) is 0 Å². The number of aromatic nitrogens is 1. The molecule has 0 aliphatic heterocycles. The molecule has 1 heterocycles. The monoisotopic (exact) mass is 258 g/mol. The number of nitrogens with zero attached hydrogens (tertiary/aromatic N) is 1. The Bertz CT molecular complexity index is 511. The topological polar surface area (TPSA) is 38.9 Å². The van der Waals surface area contributed by atoms with Gasteiger partial charge in [0.15, 0.2) is 0 Å². The third-order valence-corrected chi connectivity index (χ3v) is 3.87. The summed E-state index contributed by atoms with van der Waals surface area (Å²) in [4.78, 5) is 5.69. The van der Waals surface area contributed by atoms with Gasteiger partial charge in [-0.05, 0) is 42.7 Å². The van der Waals surface area contributed by atoms with Gasteiger partial charge in [-0.1, -0.05) is 36.9 Å². The van der Waals surface area contributed by atoms with Crippen LogP contribution in [-0.2, 0) is 0 Å². The lowest BCUT2D eigenvalue weighted by Gasteiger charge is -2.12. The van der Waals surface area contributed by atoms with Gasteiger partial charge in [0.05, 0.1) is 0 Å². The van der Waals surface area contributed by atoms with E-state index in [2.05, 4.69) is 37.0 Å². The van der Waals surface area contributed by atoms with Crippen molar-refractivity contribution in [3.05, 3.63) is 53.7 Å². The first-order chi connectivity index (χ1) is 8.70. The molecule has 0 saturated carbocycles. The zero-order valence-electron chi connectivity index (χ0n) is 10.8. The van der Waals surface area contributed by atoms with Gasteiger partial charge in [-0.25, -0.2) is 4.98 Å².